The Hall–Kier alpha value is -4.81. The normalized spacial score (nSPS) is 18.0. The van der Waals surface area contributed by atoms with Crippen LogP contribution in [0, 0.1) is 11.3 Å². The van der Waals surface area contributed by atoms with Gasteiger partial charge in [-0.2, -0.15) is 5.26 Å². The van der Waals surface area contributed by atoms with Crippen LogP contribution in [0.3, 0.4) is 0 Å². The number of hydrogen-bond acceptors (Lipinski definition) is 3. The first kappa shape index (κ1) is 23.3. The number of fused-ring (bicyclic) bond motifs is 8. The number of nitrogens with zero attached hydrogens (tertiary/aromatic N) is 1. The van der Waals surface area contributed by atoms with Crippen molar-refractivity contribution in [3.63, 3.8) is 0 Å². The summed E-state index contributed by atoms with van der Waals surface area (Å²) >= 11 is 0. The minimum atomic E-state index is -0.804. The number of methoxy groups -OCH3 is 1. The van der Waals surface area contributed by atoms with E-state index in [0.717, 1.165) is 39.0 Å². The highest BCUT2D eigenvalue weighted by molar-refractivity contribution is 6.08. The second-order valence-electron chi connectivity index (χ2n) is 10.8. The van der Waals surface area contributed by atoms with Gasteiger partial charge in [0.2, 0.25) is 0 Å². The average Bonchev–Trinajstić information content (AvgIpc) is 3.23. The fourth-order valence-electron chi connectivity index (χ4n) is 6.51. The second-order valence-corrected chi connectivity index (χ2v) is 10.8. The number of benzene rings is 5. The highest BCUT2D eigenvalue weighted by Gasteiger charge is 2.44. The smallest absolute Gasteiger partial charge is 0.178 e. The third-order valence-electron chi connectivity index (χ3n) is 8.39. The fourth-order valence-corrected chi connectivity index (χ4v) is 6.51. The van der Waals surface area contributed by atoms with Crippen molar-refractivity contribution >= 4 is 16.8 Å². The van der Waals surface area contributed by atoms with Crippen LogP contribution in [0.1, 0.15) is 47.2 Å². The van der Waals surface area contributed by atoms with Gasteiger partial charge in [0.15, 0.2) is 5.60 Å². The van der Waals surface area contributed by atoms with E-state index in [4.69, 9.17) is 9.47 Å². The van der Waals surface area contributed by atoms with Gasteiger partial charge in [-0.3, -0.25) is 0 Å². The minimum Gasteiger partial charge on any atom is -0.497 e. The molecular formula is C36H27NO2. The predicted octanol–water partition coefficient (Wildman–Crippen LogP) is 8.38. The van der Waals surface area contributed by atoms with Gasteiger partial charge >= 0.3 is 0 Å². The van der Waals surface area contributed by atoms with Gasteiger partial charge in [-0.05, 0) is 58.0 Å². The van der Waals surface area contributed by atoms with Gasteiger partial charge in [-0.1, -0.05) is 92.7 Å². The topological polar surface area (TPSA) is 42.2 Å². The van der Waals surface area contributed by atoms with Crippen molar-refractivity contribution in [2.24, 2.45) is 0 Å². The molecule has 0 radical (unpaired) electrons. The summed E-state index contributed by atoms with van der Waals surface area (Å²) in [6.07, 6.45) is 4.45. The van der Waals surface area contributed by atoms with Crippen LogP contribution < -0.4 is 9.47 Å². The fraction of sp³-hybridized carbons (Fsp3) is 0.139. The first-order valence-electron chi connectivity index (χ1n) is 13.2. The maximum atomic E-state index is 9.64. The SMILES string of the molecule is COc1ccc(C2(c3ccccc3)C=Cc3c4c(c5ccccc5c3O2)-c2ccc(C#N)cc2C4(C)C)cc1. The molecule has 2 aliphatic rings. The third-order valence-corrected chi connectivity index (χ3v) is 8.39. The number of rotatable bonds is 3. The lowest BCUT2D eigenvalue weighted by Crippen LogP contribution is -2.35. The maximum absolute atomic E-state index is 9.64. The zero-order valence-corrected chi connectivity index (χ0v) is 22.2. The van der Waals surface area contributed by atoms with E-state index >= 15 is 0 Å². The molecule has 1 aliphatic heterocycles. The Balaban J connectivity index is 1.54. The molecule has 5 aromatic carbocycles. The van der Waals surface area contributed by atoms with Gasteiger partial charge in [0.1, 0.15) is 11.5 Å². The van der Waals surface area contributed by atoms with Crippen molar-refractivity contribution in [2.45, 2.75) is 24.9 Å². The van der Waals surface area contributed by atoms with E-state index in [9.17, 15) is 5.26 Å². The molecule has 0 spiro atoms. The summed E-state index contributed by atoms with van der Waals surface area (Å²) in [6.45, 7) is 4.51. The molecule has 0 amide bonds. The zero-order chi connectivity index (χ0) is 26.8. The Labute approximate surface area is 228 Å². The molecule has 1 atom stereocenters. The van der Waals surface area contributed by atoms with Crippen LogP contribution in [-0.2, 0) is 11.0 Å². The summed E-state index contributed by atoms with van der Waals surface area (Å²) in [7, 11) is 1.68. The van der Waals surface area contributed by atoms with Gasteiger partial charge in [0, 0.05) is 27.5 Å². The molecule has 0 saturated carbocycles. The lowest BCUT2D eigenvalue weighted by Gasteiger charge is -2.38. The summed E-state index contributed by atoms with van der Waals surface area (Å²) in [5.74, 6) is 1.69. The molecule has 1 heterocycles. The van der Waals surface area contributed by atoms with E-state index in [-0.39, 0.29) is 5.41 Å². The Morgan fingerprint density at radius 1 is 0.795 bits per heavy atom. The molecule has 0 aromatic heterocycles. The number of nitriles is 1. The maximum Gasteiger partial charge on any atom is 0.178 e. The molecular weight excluding hydrogens is 478 g/mol. The van der Waals surface area contributed by atoms with Crippen molar-refractivity contribution < 1.29 is 9.47 Å². The van der Waals surface area contributed by atoms with Crippen molar-refractivity contribution in [1.29, 1.82) is 5.26 Å². The van der Waals surface area contributed by atoms with Gasteiger partial charge in [-0.15, -0.1) is 0 Å². The van der Waals surface area contributed by atoms with Gasteiger partial charge in [0.05, 0.1) is 18.7 Å². The minimum absolute atomic E-state index is 0.299. The molecule has 1 aliphatic carbocycles. The van der Waals surface area contributed by atoms with Gasteiger partial charge < -0.3 is 9.47 Å². The quantitative estimate of drug-likeness (QED) is 0.247. The predicted molar refractivity (Wildman–Crippen MR) is 156 cm³/mol. The monoisotopic (exact) mass is 505 g/mol. The molecule has 5 aromatic rings. The van der Waals surface area contributed by atoms with Crippen LogP contribution in [0.15, 0.2) is 103 Å². The molecule has 7 rings (SSSR count). The van der Waals surface area contributed by atoms with Crippen molar-refractivity contribution in [3.05, 3.63) is 137 Å². The summed E-state index contributed by atoms with van der Waals surface area (Å²) in [5, 5.41) is 11.9. The largest absolute Gasteiger partial charge is 0.497 e. The summed E-state index contributed by atoms with van der Waals surface area (Å²) < 4.78 is 12.7. The number of hydrogen-bond donors (Lipinski definition) is 0. The van der Waals surface area contributed by atoms with Crippen molar-refractivity contribution in [1.82, 2.24) is 0 Å². The van der Waals surface area contributed by atoms with Gasteiger partial charge in [-0.25, -0.2) is 0 Å². The van der Waals surface area contributed by atoms with Crippen LogP contribution in [0.25, 0.3) is 28.0 Å². The first-order chi connectivity index (χ1) is 19.0. The molecule has 3 nitrogen and oxygen atoms in total. The zero-order valence-electron chi connectivity index (χ0n) is 22.2. The Morgan fingerprint density at radius 3 is 2.21 bits per heavy atom. The average molecular weight is 506 g/mol. The molecule has 39 heavy (non-hydrogen) atoms. The van der Waals surface area contributed by atoms with Crippen LogP contribution >= 0.6 is 0 Å². The van der Waals surface area contributed by atoms with Crippen molar-refractivity contribution in [3.8, 4) is 28.7 Å². The molecule has 3 heteroatoms. The Bertz CT molecular complexity index is 1840. The molecule has 1 unspecified atom stereocenters. The van der Waals surface area contributed by atoms with Crippen LogP contribution in [-0.4, -0.2) is 7.11 Å². The number of ether oxygens (including phenoxy) is 2. The van der Waals surface area contributed by atoms with Crippen LogP contribution in [0.5, 0.6) is 11.5 Å². The standard InChI is InChI=1S/C36H27NO2/c1-35(2)31-21-23(22-37)13-18-29(31)32-27-11-7-8-12-28(27)34-30(33(32)35)19-20-36(39-34,24-9-5-4-6-10-24)25-14-16-26(38-3)17-15-25/h4-21H,1-3H3. The van der Waals surface area contributed by atoms with Crippen molar-refractivity contribution in [2.75, 3.05) is 7.11 Å². The highest BCUT2D eigenvalue weighted by Crippen LogP contribution is 2.58. The summed E-state index contributed by atoms with van der Waals surface area (Å²) in [4.78, 5) is 0. The second kappa shape index (κ2) is 8.35. The Morgan fingerprint density at radius 2 is 1.49 bits per heavy atom. The van der Waals surface area contributed by atoms with E-state index < -0.39 is 5.60 Å². The lowest BCUT2D eigenvalue weighted by atomic mass is 9.76. The summed E-state index contributed by atoms with van der Waals surface area (Å²) in [6, 6.07) is 35.5. The van der Waals surface area contributed by atoms with E-state index in [2.05, 4.69) is 105 Å². The lowest BCUT2D eigenvalue weighted by molar-refractivity contribution is 0.163. The van der Waals surface area contributed by atoms with Crippen LogP contribution in [0.4, 0.5) is 0 Å². The van der Waals surface area contributed by atoms with Gasteiger partial charge in [0.25, 0.3) is 0 Å². The first-order valence-corrected chi connectivity index (χ1v) is 13.2. The van der Waals surface area contributed by atoms with E-state index in [1.807, 2.05) is 24.3 Å². The molecule has 0 N–H and O–H groups in total. The highest BCUT2D eigenvalue weighted by atomic mass is 16.5. The third kappa shape index (κ3) is 3.22. The van der Waals surface area contributed by atoms with E-state index in [0.29, 0.717) is 5.56 Å². The van der Waals surface area contributed by atoms with E-state index in [1.54, 1.807) is 7.11 Å². The molecule has 0 bridgehead atoms. The molecule has 188 valence electrons. The Kier molecular flexibility index (Phi) is 4.99. The summed E-state index contributed by atoms with van der Waals surface area (Å²) in [5.41, 5.74) is 7.62. The molecule has 0 saturated heterocycles. The van der Waals surface area contributed by atoms with E-state index in [1.165, 1.54) is 22.3 Å². The van der Waals surface area contributed by atoms with Crippen LogP contribution in [0.2, 0.25) is 0 Å². The molecule has 0 fully saturated rings.